The number of aliphatic hydroxyl groups is 1. The second-order valence-electron chi connectivity index (χ2n) is 8.05. The van der Waals surface area contributed by atoms with Crippen molar-refractivity contribution in [3.8, 4) is 17.2 Å². The third-order valence-corrected chi connectivity index (χ3v) is 6.88. The molecule has 9 heteroatoms. The summed E-state index contributed by atoms with van der Waals surface area (Å²) in [6.07, 6.45) is 0. The molecule has 1 aliphatic rings. The van der Waals surface area contributed by atoms with E-state index in [0.29, 0.717) is 39.9 Å². The van der Waals surface area contributed by atoms with Crippen molar-refractivity contribution in [3.63, 3.8) is 0 Å². The van der Waals surface area contributed by atoms with Crippen LogP contribution in [0.5, 0.6) is 17.2 Å². The number of anilines is 1. The molecule has 0 spiro atoms. The van der Waals surface area contributed by atoms with Gasteiger partial charge in [0, 0.05) is 5.56 Å². The Kier molecular flexibility index (Phi) is 6.07. The highest BCUT2D eigenvalue weighted by Gasteiger charge is 2.48. The largest absolute Gasteiger partial charge is 0.508 e. The third kappa shape index (κ3) is 4.03. The number of thiazole rings is 1. The summed E-state index contributed by atoms with van der Waals surface area (Å²) in [4.78, 5) is 32.5. The van der Waals surface area contributed by atoms with Crippen molar-refractivity contribution in [1.29, 1.82) is 0 Å². The van der Waals surface area contributed by atoms with Crippen molar-refractivity contribution < 1.29 is 29.3 Å². The highest BCUT2D eigenvalue weighted by atomic mass is 32.1. The number of benzene rings is 3. The van der Waals surface area contributed by atoms with Crippen LogP contribution in [0.2, 0.25) is 0 Å². The quantitative estimate of drug-likeness (QED) is 0.216. The average molecular weight is 503 g/mol. The first-order valence-corrected chi connectivity index (χ1v) is 12.0. The molecule has 2 heterocycles. The van der Waals surface area contributed by atoms with E-state index in [1.165, 1.54) is 28.4 Å². The van der Waals surface area contributed by atoms with Crippen molar-refractivity contribution in [2.75, 3.05) is 18.6 Å². The predicted octanol–water partition coefficient (Wildman–Crippen LogP) is 5.04. The number of aromatic nitrogens is 1. The first kappa shape index (κ1) is 23.4. The molecule has 2 N–H and O–H groups in total. The maximum Gasteiger partial charge on any atom is 0.301 e. The molecule has 1 atom stereocenters. The van der Waals surface area contributed by atoms with Gasteiger partial charge in [0.05, 0.1) is 35.5 Å². The summed E-state index contributed by atoms with van der Waals surface area (Å²) in [5, 5.41) is 21.7. The molecule has 1 aliphatic heterocycles. The number of nitrogens with zero attached hydrogens (tertiary/aromatic N) is 2. The number of ketones is 1. The number of hydrogen-bond acceptors (Lipinski definition) is 8. The number of phenols is 1. The number of amides is 1. The van der Waals surface area contributed by atoms with E-state index in [4.69, 9.17) is 9.47 Å². The van der Waals surface area contributed by atoms with E-state index >= 15 is 0 Å². The van der Waals surface area contributed by atoms with Crippen LogP contribution in [0.15, 0.2) is 72.3 Å². The highest BCUT2D eigenvalue weighted by Crippen LogP contribution is 2.45. The molecule has 5 rings (SSSR count). The maximum absolute atomic E-state index is 13.4. The van der Waals surface area contributed by atoms with Gasteiger partial charge in [0.25, 0.3) is 5.78 Å². The molecule has 0 radical (unpaired) electrons. The molecule has 1 unspecified atom stereocenters. The Balaban J connectivity index is 1.68. The van der Waals surface area contributed by atoms with Gasteiger partial charge in [0.2, 0.25) is 0 Å². The van der Waals surface area contributed by atoms with Gasteiger partial charge in [0.15, 0.2) is 5.13 Å². The van der Waals surface area contributed by atoms with E-state index < -0.39 is 17.7 Å². The van der Waals surface area contributed by atoms with E-state index in [2.05, 4.69) is 4.98 Å². The number of fused-ring (bicyclic) bond motifs is 1. The van der Waals surface area contributed by atoms with Gasteiger partial charge in [-0.3, -0.25) is 14.5 Å². The van der Waals surface area contributed by atoms with E-state index in [-0.39, 0.29) is 17.1 Å². The number of carbonyl (C=O) groups excluding carboxylic acids is 2. The molecule has 182 valence electrons. The normalized spacial score (nSPS) is 17.1. The highest BCUT2D eigenvalue weighted by molar-refractivity contribution is 7.22. The lowest BCUT2D eigenvalue weighted by Crippen LogP contribution is -2.29. The Morgan fingerprint density at radius 1 is 1.06 bits per heavy atom. The molecule has 0 aliphatic carbocycles. The Bertz CT molecular complexity index is 1510. The van der Waals surface area contributed by atoms with Crippen molar-refractivity contribution in [3.05, 3.63) is 83.4 Å². The number of phenolic OH excluding ortho intramolecular Hbond substituents is 1. The molecule has 0 saturated carbocycles. The van der Waals surface area contributed by atoms with Crippen LogP contribution in [0.3, 0.4) is 0 Å². The molecular weight excluding hydrogens is 480 g/mol. The first-order valence-electron chi connectivity index (χ1n) is 11.2. The average Bonchev–Trinajstić information content (AvgIpc) is 3.42. The number of hydrogen-bond donors (Lipinski definition) is 2. The van der Waals surface area contributed by atoms with Crippen molar-refractivity contribution in [2.45, 2.75) is 13.0 Å². The summed E-state index contributed by atoms with van der Waals surface area (Å²) in [6.45, 7) is 2.35. The number of carbonyl (C=O) groups is 2. The number of aromatic hydroxyl groups is 1. The van der Waals surface area contributed by atoms with Crippen LogP contribution in [0.4, 0.5) is 5.13 Å². The first-order chi connectivity index (χ1) is 17.4. The number of Topliss-reactive ketones (excluding diaryl/α,β-unsaturated/α-hetero) is 1. The summed E-state index contributed by atoms with van der Waals surface area (Å²) >= 11 is 1.23. The number of methoxy groups -OCH3 is 1. The molecular formula is C27H22N2O6S. The van der Waals surface area contributed by atoms with Crippen molar-refractivity contribution in [1.82, 2.24) is 4.98 Å². The van der Waals surface area contributed by atoms with Gasteiger partial charge in [-0.15, -0.1) is 0 Å². The molecule has 8 nitrogen and oxygen atoms in total. The molecule has 3 aromatic carbocycles. The van der Waals surface area contributed by atoms with E-state index in [1.54, 1.807) is 61.7 Å². The Morgan fingerprint density at radius 3 is 2.50 bits per heavy atom. The Morgan fingerprint density at radius 2 is 1.81 bits per heavy atom. The van der Waals surface area contributed by atoms with Crippen LogP contribution in [0.1, 0.15) is 24.1 Å². The lowest BCUT2D eigenvalue weighted by Gasteiger charge is -2.23. The standard InChI is InChI=1S/C27H22N2O6S/c1-3-35-18-9-7-15(8-10-18)24(31)22-23(16-5-4-6-17(30)13-16)29(26(33)25(22)32)27-28-20-12-11-19(34-2)14-21(20)36-27/h4-14,23,30-31H,3H2,1-2H3/b24-22+. The zero-order valence-corrected chi connectivity index (χ0v) is 20.3. The zero-order chi connectivity index (χ0) is 25.4. The maximum atomic E-state index is 13.4. The van der Waals surface area contributed by atoms with Crippen LogP contribution in [-0.2, 0) is 9.59 Å². The Labute approximate surface area is 210 Å². The van der Waals surface area contributed by atoms with Gasteiger partial charge in [-0.05, 0) is 67.1 Å². The lowest BCUT2D eigenvalue weighted by atomic mass is 9.95. The predicted molar refractivity (Wildman–Crippen MR) is 137 cm³/mol. The van der Waals surface area contributed by atoms with Crippen LogP contribution in [-0.4, -0.2) is 40.6 Å². The lowest BCUT2D eigenvalue weighted by molar-refractivity contribution is -0.132. The van der Waals surface area contributed by atoms with Gasteiger partial charge < -0.3 is 19.7 Å². The van der Waals surface area contributed by atoms with E-state index in [1.807, 2.05) is 6.92 Å². The zero-order valence-electron chi connectivity index (χ0n) is 19.5. The topological polar surface area (TPSA) is 109 Å². The second-order valence-corrected chi connectivity index (χ2v) is 9.06. The van der Waals surface area contributed by atoms with Crippen molar-refractivity contribution in [2.24, 2.45) is 0 Å². The summed E-state index contributed by atoms with van der Waals surface area (Å²) in [5.41, 5.74) is 1.36. The summed E-state index contributed by atoms with van der Waals surface area (Å²) in [5.74, 6) is -0.764. The smallest absolute Gasteiger partial charge is 0.301 e. The van der Waals surface area contributed by atoms with Gasteiger partial charge in [-0.1, -0.05) is 23.5 Å². The molecule has 4 aromatic rings. The van der Waals surface area contributed by atoms with Gasteiger partial charge in [0.1, 0.15) is 23.0 Å². The molecule has 1 saturated heterocycles. The van der Waals surface area contributed by atoms with Crippen LogP contribution in [0, 0.1) is 0 Å². The second kappa shape index (κ2) is 9.35. The molecule has 0 bridgehead atoms. The van der Waals surface area contributed by atoms with Crippen LogP contribution in [0.25, 0.3) is 16.0 Å². The number of ether oxygens (including phenoxy) is 2. The monoisotopic (exact) mass is 502 g/mol. The fraction of sp³-hybridized carbons (Fsp3) is 0.148. The van der Waals surface area contributed by atoms with Gasteiger partial charge in [-0.2, -0.15) is 0 Å². The SMILES string of the molecule is CCOc1ccc(/C(O)=C2\C(=O)C(=O)N(c3nc4ccc(OC)cc4s3)C2c2cccc(O)c2)cc1. The van der Waals surface area contributed by atoms with Crippen molar-refractivity contribution >= 4 is 44.1 Å². The minimum atomic E-state index is -0.994. The summed E-state index contributed by atoms with van der Waals surface area (Å²) < 4.78 is 11.5. The number of aliphatic hydroxyl groups excluding tert-OH is 1. The number of rotatable bonds is 6. The fourth-order valence-electron chi connectivity index (χ4n) is 4.19. The minimum Gasteiger partial charge on any atom is -0.508 e. The van der Waals surface area contributed by atoms with E-state index in [9.17, 15) is 19.8 Å². The molecule has 36 heavy (non-hydrogen) atoms. The fourth-order valence-corrected chi connectivity index (χ4v) is 5.21. The van der Waals surface area contributed by atoms with Crippen LogP contribution >= 0.6 is 11.3 Å². The summed E-state index contributed by atoms with van der Waals surface area (Å²) in [6, 6.07) is 17.2. The molecule has 1 aromatic heterocycles. The van der Waals surface area contributed by atoms with E-state index in [0.717, 1.165) is 4.70 Å². The molecule has 1 amide bonds. The summed E-state index contributed by atoms with van der Waals surface area (Å²) in [7, 11) is 1.56. The minimum absolute atomic E-state index is 0.0341. The van der Waals surface area contributed by atoms with Gasteiger partial charge >= 0.3 is 5.91 Å². The third-order valence-electron chi connectivity index (χ3n) is 5.86. The Hall–Kier alpha value is -4.37. The van der Waals surface area contributed by atoms with Gasteiger partial charge in [-0.25, -0.2) is 4.98 Å². The molecule has 1 fully saturated rings. The van der Waals surface area contributed by atoms with Crippen LogP contribution < -0.4 is 14.4 Å².